The number of rotatable bonds is 3. The van der Waals surface area contributed by atoms with E-state index in [4.69, 9.17) is 17.3 Å². The van der Waals surface area contributed by atoms with E-state index in [9.17, 15) is 9.18 Å². The van der Waals surface area contributed by atoms with Crippen molar-refractivity contribution < 1.29 is 9.18 Å². The third kappa shape index (κ3) is 3.86. The van der Waals surface area contributed by atoms with Gasteiger partial charge in [0.25, 0.3) is 5.91 Å². The van der Waals surface area contributed by atoms with Crippen molar-refractivity contribution in [2.75, 3.05) is 11.1 Å². The van der Waals surface area contributed by atoms with Crippen LogP contribution < -0.4 is 11.1 Å². The summed E-state index contributed by atoms with van der Waals surface area (Å²) < 4.78 is 14.3. The Kier molecular flexibility index (Phi) is 5.25. The van der Waals surface area contributed by atoms with E-state index in [0.717, 1.165) is 23.3 Å². The number of aliphatic imine (C=N–C) groups is 1. The van der Waals surface area contributed by atoms with Crippen molar-refractivity contribution >= 4 is 40.1 Å². The highest BCUT2D eigenvalue weighted by Gasteiger charge is 2.30. The second-order valence-corrected chi connectivity index (χ2v) is 7.98. The largest absolute Gasteiger partial charge is 0.379 e. The van der Waals surface area contributed by atoms with Crippen LogP contribution in [0.3, 0.4) is 0 Å². The highest BCUT2D eigenvalue weighted by atomic mass is 35.5. The lowest BCUT2D eigenvalue weighted by atomic mass is 9.89. The lowest BCUT2D eigenvalue weighted by molar-refractivity contribution is 0.102. The Labute approximate surface area is 161 Å². The zero-order chi connectivity index (χ0) is 18.9. The van der Waals surface area contributed by atoms with Gasteiger partial charge in [0, 0.05) is 5.75 Å². The quantitative estimate of drug-likeness (QED) is 0.796. The first-order valence-corrected chi connectivity index (χ1v) is 9.50. The number of anilines is 1. The monoisotopic (exact) mass is 391 g/mol. The molecule has 0 spiro atoms. The van der Waals surface area contributed by atoms with Gasteiger partial charge in [-0.15, -0.1) is 0 Å². The van der Waals surface area contributed by atoms with E-state index in [0.29, 0.717) is 15.8 Å². The molecule has 0 aromatic heterocycles. The first-order valence-electron chi connectivity index (χ1n) is 8.14. The molecule has 1 aliphatic heterocycles. The minimum absolute atomic E-state index is 0.0948. The van der Waals surface area contributed by atoms with Crippen LogP contribution in [0.25, 0.3) is 0 Å². The number of halogens is 2. The van der Waals surface area contributed by atoms with Crippen LogP contribution in [0.1, 0.15) is 34.8 Å². The molecule has 2 aromatic rings. The zero-order valence-electron chi connectivity index (χ0n) is 14.5. The number of amidine groups is 1. The van der Waals surface area contributed by atoms with Crippen LogP contribution in [0.15, 0.2) is 41.4 Å². The van der Waals surface area contributed by atoms with Crippen LogP contribution in [0.2, 0.25) is 5.02 Å². The van der Waals surface area contributed by atoms with E-state index in [-0.39, 0.29) is 5.69 Å². The SMILES string of the molecule is Cc1ccc(C(=O)Nc2cc(C3(C)CCSC(N)=N3)ccc2F)c(Cl)c1. The van der Waals surface area contributed by atoms with E-state index >= 15 is 0 Å². The molecular formula is C19H19ClFN3OS. The fourth-order valence-electron chi connectivity index (χ4n) is 2.84. The highest BCUT2D eigenvalue weighted by molar-refractivity contribution is 8.13. The third-order valence-corrected chi connectivity index (χ3v) is 5.51. The van der Waals surface area contributed by atoms with Gasteiger partial charge in [0.2, 0.25) is 0 Å². The predicted molar refractivity (Wildman–Crippen MR) is 107 cm³/mol. The van der Waals surface area contributed by atoms with Crippen LogP contribution in [0, 0.1) is 12.7 Å². The Bertz CT molecular complexity index is 902. The first kappa shape index (κ1) is 18.7. The molecule has 0 aliphatic carbocycles. The molecule has 3 rings (SSSR count). The summed E-state index contributed by atoms with van der Waals surface area (Å²) in [6, 6.07) is 9.73. The number of nitrogens with one attached hydrogen (secondary N) is 1. The number of hydrogen-bond acceptors (Lipinski definition) is 4. The first-order chi connectivity index (χ1) is 12.3. The van der Waals surface area contributed by atoms with E-state index in [1.807, 2.05) is 13.8 Å². The normalized spacial score (nSPS) is 19.8. The maximum absolute atomic E-state index is 14.3. The summed E-state index contributed by atoms with van der Waals surface area (Å²) in [5.41, 5.74) is 7.45. The van der Waals surface area contributed by atoms with Gasteiger partial charge in [-0.05, 0) is 55.7 Å². The van der Waals surface area contributed by atoms with Gasteiger partial charge in [0.1, 0.15) is 5.82 Å². The van der Waals surface area contributed by atoms with Crippen LogP contribution in [0.5, 0.6) is 0 Å². The van der Waals surface area contributed by atoms with Crippen LogP contribution >= 0.6 is 23.4 Å². The molecule has 1 heterocycles. The molecule has 0 fully saturated rings. The Morgan fingerprint density at radius 1 is 1.35 bits per heavy atom. The summed E-state index contributed by atoms with van der Waals surface area (Å²) >= 11 is 7.64. The fourth-order valence-corrected chi connectivity index (χ4v) is 4.14. The number of nitrogens with zero attached hydrogens (tertiary/aromatic N) is 1. The van der Waals surface area contributed by atoms with Crippen LogP contribution in [-0.2, 0) is 5.54 Å². The van der Waals surface area contributed by atoms with Crippen molar-refractivity contribution in [3.05, 3.63) is 63.9 Å². The maximum Gasteiger partial charge on any atom is 0.257 e. The topological polar surface area (TPSA) is 67.5 Å². The molecule has 136 valence electrons. The lowest BCUT2D eigenvalue weighted by Gasteiger charge is -2.30. The summed E-state index contributed by atoms with van der Waals surface area (Å²) in [7, 11) is 0. The number of benzene rings is 2. The number of thioether (sulfide) groups is 1. The molecular weight excluding hydrogens is 373 g/mol. The molecule has 0 bridgehead atoms. The molecule has 26 heavy (non-hydrogen) atoms. The zero-order valence-corrected chi connectivity index (χ0v) is 16.0. The van der Waals surface area contributed by atoms with Gasteiger partial charge in [0.05, 0.1) is 21.8 Å². The van der Waals surface area contributed by atoms with Gasteiger partial charge in [-0.25, -0.2) is 4.39 Å². The minimum Gasteiger partial charge on any atom is -0.379 e. The Balaban J connectivity index is 1.91. The summed E-state index contributed by atoms with van der Waals surface area (Å²) in [5.74, 6) is -0.140. The molecule has 2 aromatic carbocycles. The standard InChI is InChI=1S/C19H19ClFN3OS/c1-11-3-5-13(14(20)9-11)17(25)23-16-10-12(4-6-15(16)21)19(2)7-8-26-18(22)24-19/h3-6,9-10H,7-8H2,1-2H3,(H2,22,24)(H,23,25). The number of carbonyl (C=O) groups is 1. The molecule has 4 nitrogen and oxygen atoms in total. The predicted octanol–water partition coefficient (Wildman–Crippen LogP) is 4.71. The summed E-state index contributed by atoms with van der Waals surface area (Å²) in [5, 5.41) is 3.45. The molecule has 1 aliphatic rings. The molecule has 0 saturated heterocycles. The number of amides is 1. The summed E-state index contributed by atoms with van der Waals surface area (Å²) in [4.78, 5) is 17.0. The summed E-state index contributed by atoms with van der Waals surface area (Å²) in [6.07, 6.45) is 0.779. The number of carbonyl (C=O) groups excluding carboxylic acids is 1. The molecule has 0 radical (unpaired) electrons. The van der Waals surface area contributed by atoms with E-state index < -0.39 is 17.3 Å². The second kappa shape index (κ2) is 7.29. The third-order valence-electron chi connectivity index (χ3n) is 4.40. The van der Waals surface area contributed by atoms with Crippen molar-refractivity contribution in [3.63, 3.8) is 0 Å². The number of aryl methyl sites for hydroxylation is 1. The van der Waals surface area contributed by atoms with Crippen molar-refractivity contribution in [1.82, 2.24) is 0 Å². The average Bonchev–Trinajstić information content (AvgIpc) is 2.56. The fraction of sp³-hybridized carbons (Fsp3) is 0.263. The smallest absolute Gasteiger partial charge is 0.257 e. The van der Waals surface area contributed by atoms with Gasteiger partial charge in [-0.3, -0.25) is 9.79 Å². The Morgan fingerprint density at radius 2 is 2.12 bits per heavy atom. The van der Waals surface area contributed by atoms with Crippen molar-refractivity contribution in [2.24, 2.45) is 10.7 Å². The molecule has 7 heteroatoms. The van der Waals surface area contributed by atoms with E-state index in [2.05, 4.69) is 10.3 Å². The molecule has 1 atom stereocenters. The van der Waals surface area contributed by atoms with Crippen molar-refractivity contribution in [2.45, 2.75) is 25.8 Å². The van der Waals surface area contributed by atoms with Crippen LogP contribution in [-0.4, -0.2) is 16.8 Å². The highest BCUT2D eigenvalue weighted by Crippen LogP contribution is 2.36. The number of hydrogen-bond donors (Lipinski definition) is 2. The van der Waals surface area contributed by atoms with Gasteiger partial charge in [0.15, 0.2) is 5.17 Å². The van der Waals surface area contributed by atoms with E-state index in [1.165, 1.54) is 17.8 Å². The van der Waals surface area contributed by atoms with Crippen molar-refractivity contribution in [3.8, 4) is 0 Å². The van der Waals surface area contributed by atoms with Gasteiger partial charge >= 0.3 is 0 Å². The molecule has 1 unspecified atom stereocenters. The molecule has 0 saturated carbocycles. The Morgan fingerprint density at radius 3 is 2.81 bits per heavy atom. The average molecular weight is 392 g/mol. The van der Waals surface area contributed by atoms with Gasteiger partial charge in [-0.1, -0.05) is 35.5 Å². The molecule has 1 amide bonds. The van der Waals surface area contributed by atoms with Gasteiger partial charge in [-0.2, -0.15) is 0 Å². The van der Waals surface area contributed by atoms with Gasteiger partial charge < -0.3 is 11.1 Å². The minimum atomic E-state index is -0.538. The van der Waals surface area contributed by atoms with Crippen molar-refractivity contribution in [1.29, 1.82) is 0 Å². The molecule has 3 N–H and O–H groups in total. The van der Waals surface area contributed by atoms with E-state index in [1.54, 1.807) is 30.3 Å². The second-order valence-electron chi connectivity index (χ2n) is 6.45. The maximum atomic E-state index is 14.3. The Hall–Kier alpha value is -2.05. The van der Waals surface area contributed by atoms with Crippen LogP contribution in [0.4, 0.5) is 10.1 Å². The summed E-state index contributed by atoms with van der Waals surface area (Å²) in [6.45, 7) is 3.83. The lowest BCUT2D eigenvalue weighted by Crippen LogP contribution is -2.29. The number of nitrogens with two attached hydrogens (primary N) is 1.